The topological polar surface area (TPSA) is 85.8 Å². The Kier molecular flexibility index (Phi) is 2.89. The van der Waals surface area contributed by atoms with Crippen molar-refractivity contribution in [1.29, 1.82) is 0 Å². The zero-order valence-corrected chi connectivity index (χ0v) is 13.0. The molecule has 0 spiro atoms. The Labute approximate surface area is 129 Å². The van der Waals surface area contributed by atoms with Gasteiger partial charge in [-0.15, -0.1) is 21.5 Å². The van der Waals surface area contributed by atoms with Gasteiger partial charge in [-0.25, -0.2) is 4.98 Å². The van der Waals surface area contributed by atoms with Crippen molar-refractivity contribution >= 4 is 33.7 Å². The van der Waals surface area contributed by atoms with Crippen molar-refractivity contribution in [1.82, 2.24) is 24.1 Å². The first-order valence-electron chi connectivity index (χ1n) is 6.51. The molecule has 108 valence electrons. The molecule has 4 heterocycles. The molecule has 2 N–H and O–H groups in total. The summed E-state index contributed by atoms with van der Waals surface area (Å²) in [7, 11) is 0. The smallest absolute Gasteiger partial charge is 0.152 e. The Morgan fingerprint density at radius 3 is 3.05 bits per heavy atom. The minimum Gasteiger partial charge on any atom is -0.382 e. The molecule has 3 aromatic heterocycles. The average Bonchev–Trinajstić information content (AvgIpc) is 3.17. The highest BCUT2D eigenvalue weighted by Gasteiger charge is 2.25. The van der Waals surface area contributed by atoms with Gasteiger partial charge in [0.05, 0.1) is 22.8 Å². The summed E-state index contributed by atoms with van der Waals surface area (Å²) in [5.74, 6) is 1.51. The lowest BCUT2D eigenvalue weighted by molar-refractivity contribution is 0.563. The highest BCUT2D eigenvalue weighted by molar-refractivity contribution is 7.11. The number of thiazole rings is 1. The van der Waals surface area contributed by atoms with Crippen molar-refractivity contribution in [3.8, 4) is 11.3 Å². The maximum absolute atomic E-state index is 6.07. The molecule has 0 saturated carbocycles. The first-order valence-corrected chi connectivity index (χ1v) is 8.17. The Balaban J connectivity index is 1.74. The molecule has 21 heavy (non-hydrogen) atoms. The summed E-state index contributed by atoms with van der Waals surface area (Å²) in [4.78, 5) is 6.80. The second-order valence-electron chi connectivity index (χ2n) is 4.86. The van der Waals surface area contributed by atoms with E-state index in [9.17, 15) is 0 Å². The van der Waals surface area contributed by atoms with Crippen LogP contribution in [0.4, 0.5) is 10.8 Å². The first kappa shape index (κ1) is 12.7. The van der Waals surface area contributed by atoms with Crippen LogP contribution in [-0.4, -0.2) is 30.7 Å². The number of rotatable bonds is 2. The van der Waals surface area contributed by atoms with E-state index in [1.54, 1.807) is 17.7 Å². The monoisotopic (exact) mass is 319 g/mol. The molecular formula is C12H13N7S2. The highest BCUT2D eigenvalue weighted by atomic mass is 32.1. The number of aryl methyl sites for hydroxylation is 1. The Hall–Kier alpha value is -2.00. The van der Waals surface area contributed by atoms with E-state index in [0.29, 0.717) is 5.82 Å². The molecule has 0 aliphatic carbocycles. The molecule has 9 heteroatoms. The predicted octanol–water partition coefficient (Wildman–Crippen LogP) is 1.77. The van der Waals surface area contributed by atoms with E-state index in [1.165, 1.54) is 11.5 Å². The van der Waals surface area contributed by atoms with E-state index in [4.69, 9.17) is 5.73 Å². The Morgan fingerprint density at radius 1 is 1.33 bits per heavy atom. The second kappa shape index (κ2) is 4.78. The molecule has 0 aromatic carbocycles. The molecule has 7 nitrogen and oxygen atoms in total. The van der Waals surface area contributed by atoms with Gasteiger partial charge >= 0.3 is 0 Å². The van der Waals surface area contributed by atoms with Crippen LogP contribution in [0.2, 0.25) is 0 Å². The third kappa shape index (κ3) is 2.09. The minimum absolute atomic E-state index is 0.548. The fourth-order valence-electron chi connectivity index (χ4n) is 2.47. The predicted molar refractivity (Wildman–Crippen MR) is 83.4 cm³/mol. The summed E-state index contributed by atoms with van der Waals surface area (Å²) in [6, 6.07) is 0. The molecule has 0 radical (unpaired) electrons. The number of nitrogens with two attached hydrogens (primary N) is 1. The molecule has 1 aliphatic heterocycles. The molecule has 0 unspecified atom stereocenters. The second-order valence-corrected chi connectivity index (χ2v) is 6.68. The fourth-order valence-corrected chi connectivity index (χ4v) is 3.92. The number of nitrogens with zero attached hydrogens (tertiary/aromatic N) is 6. The van der Waals surface area contributed by atoms with Gasteiger partial charge in [0, 0.05) is 18.5 Å². The summed E-state index contributed by atoms with van der Waals surface area (Å²) in [5.41, 5.74) is 7.92. The molecular weight excluding hydrogens is 306 g/mol. The van der Waals surface area contributed by atoms with Crippen molar-refractivity contribution in [2.75, 3.05) is 17.2 Å². The van der Waals surface area contributed by atoms with Crippen LogP contribution < -0.4 is 10.6 Å². The van der Waals surface area contributed by atoms with Gasteiger partial charge in [-0.2, -0.15) is 4.37 Å². The largest absolute Gasteiger partial charge is 0.382 e. The van der Waals surface area contributed by atoms with Crippen LogP contribution in [0.5, 0.6) is 0 Å². The molecule has 0 amide bonds. The zero-order valence-electron chi connectivity index (χ0n) is 11.4. The Morgan fingerprint density at radius 2 is 2.24 bits per heavy atom. The number of hydrogen-bond donors (Lipinski definition) is 1. The first-order chi connectivity index (χ1) is 10.2. The van der Waals surface area contributed by atoms with Crippen LogP contribution in [0.25, 0.3) is 11.3 Å². The fraction of sp³-hybridized carbons (Fsp3) is 0.333. The number of hydrogen-bond acceptors (Lipinski definition) is 8. The minimum atomic E-state index is 0.548. The molecule has 0 fully saturated rings. The lowest BCUT2D eigenvalue weighted by Crippen LogP contribution is -2.33. The molecule has 4 rings (SSSR count). The Bertz CT molecular complexity index is 787. The highest BCUT2D eigenvalue weighted by Crippen LogP contribution is 2.40. The van der Waals surface area contributed by atoms with Crippen LogP contribution in [0.15, 0.2) is 11.7 Å². The maximum Gasteiger partial charge on any atom is 0.152 e. The van der Waals surface area contributed by atoms with Crippen LogP contribution in [0, 0.1) is 6.92 Å². The standard InChI is InChI=1S/C12H13N7S2/c1-7-15-8(5-20-7)10-11(13)17-21-12(10)18-2-3-19-6-14-16-9(19)4-18/h5-6H,2-4H2,1H3,(H2,13,17). The lowest BCUT2D eigenvalue weighted by atomic mass is 10.2. The third-order valence-electron chi connectivity index (χ3n) is 3.50. The van der Waals surface area contributed by atoms with Gasteiger partial charge in [-0.1, -0.05) is 0 Å². The summed E-state index contributed by atoms with van der Waals surface area (Å²) >= 11 is 3.04. The molecule has 0 bridgehead atoms. The van der Waals surface area contributed by atoms with Crippen molar-refractivity contribution in [3.05, 3.63) is 22.5 Å². The van der Waals surface area contributed by atoms with E-state index in [1.807, 2.05) is 12.3 Å². The van der Waals surface area contributed by atoms with Crippen LogP contribution in [-0.2, 0) is 13.1 Å². The van der Waals surface area contributed by atoms with Gasteiger partial charge in [-0.05, 0) is 18.5 Å². The number of aromatic nitrogens is 5. The summed E-state index contributed by atoms with van der Waals surface area (Å²) in [6.07, 6.45) is 1.78. The van der Waals surface area contributed by atoms with Crippen molar-refractivity contribution in [2.24, 2.45) is 0 Å². The third-order valence-corrected chi connectivity index (χ3v) is 5.20. The van der Waals surface area contributed by atoms with Crippen LogP contribution >= 0.6 is 22.9 Å². The van der Waals surface area contributed by atoms with E-state index in [2.05, 4.69) is 29.0 Å². The van der Waals surface area contributed by atoms with Gasteiger partial charge in [0.25, 0.3) is 0 Å². The van der Waals surface area contributed by atoms with Crippen LogP contribution in [0.3, 0.4) is 0 Å². The van der Waals surface area contributed by atoms with Crippen LogP contribution in [0.1, 0.15) is 10.8 Å². The SMILES string of the molecule is Cc1nc(-c2c(N)nsc2N2CCn3cnnc3C2)cs1. The average molecular weight is 319 g/mol. The van der Waals surface area contributed by atoms with E-state index in [-0.39, 0.29) is 0 Å². The number of nitrogen functional groups attached to an aromatic ring is 1. The van der Waals surface area contributed by atoms with E-state index < -0.39 is 0 Å². The van der Waals surface area contributed by atoms with E-state index in [0.717, 1.165) is 46.7 Å². The zero-order chi connectivity index (χ0) is 14.4. The van der Waals surface area contributed by atoms with Crippen molar-refractivity contribution < 1.29 is 0 Å². The van der Waals surface area contributed by atoms with Gasteiger partial charge in [0.15, 0.2) is 5.82 Å². The van der Waals surface area contributed by atoms with Gasteiger partial charge in [-0.3, -0.25) is 0 Å². The number of anilines is 2. The number of fused-ring (bicyclic) bond motifs is 1. The molecule has 1 aliphatic rings. The van der Waals surface area contributed by atoms with Crippen molar-refractivity contribution in [2.45, 2.75) is 20.0 Å². The maximum atomic E-state index is 6.07. The molecule has 0 saturated heterocycles. The van der Waals surface area contributed by atoms with Gasteiger partial charge < -0.3 is 15.2 Å². The summed E-state index contributed by atoms with van der Waals surface area (Å²) < 4.78 is 6.40. The van der Waals surface area contributed by atoms with Gasteiger partial charge in [0.2, 0.25) is 0 Å². The van der Waals surface area contributed by atoms with Gasteiger partial charge in [0.1, 0.15) is 17.1 Å². The molecule has 0 atom stereocenters. The summed E-state index contributed by atoms with van der Waals surface area (Å²) in [5, 5.41) is 12.2. The normalized spacial score (nSPS) is 14.4. The van der Waals surface area contributed by atoms with E-state index >= 15 is 0 Å². The summed E-state index contributed by atoms with van der Waals surface area (Å²) in [6.45, 7) is 4.48. The van der Waals surface area contributed by atoms with Crippen molar-refractivity contribution in [3.63, 3.8) is 0 Å². The lowest BCUT2D eigenvalue weighted by Gasteiger charge is -2.28. The molecule has 3 aromatic rings. The quantitative estimate of drug-likeness (QED) is 0.775.